The lowest BCUT2D eigenvalue weighted by molar-refractivity contribution is -0.128. The molecule has 1 atom stereocenters. The highest BCUT2D eigenvalue weighted by Gasteiger charge is 2.31. The Morgan fingerprint density at radius 2 is 2.26 bits per heavy atom. The summed E-state index contributed by atoms with van der Waals surface area (Å²) in [5.74, 6) is 0.470. The van der Waals surface area contributed by atoms with Gasteiger partial charge in [-0.2, -0.15) is 0 Å². The summed E-state index contributed by atoms with van der Waals surface area (Å²) >= 11 is 0. The third kappa shape index (κ3) is 3.53. The number of carbonyl (C=O) groups excluding carboxylic acids is 1. The number of nitrogens with zero attached hydrogens (tertiary/aromatic N) is 1. The van der Waals surface area contributed by atoms with Gasteiger partial charge in [-0.1, -0.05) is 26.0 Å². The molecule has 0 bridgehead atoms. The molecule has 2 rings (SSSR count). The van der Waals surface area contributed by atoms with Crippen LogP contribution in [0.3, 0.4) is 0 Å². The van der Waals surface area contributed by atoms with Gasteiger partial charge < -0.3 is 4.90 Å². The van der Waals surface area contributed by atoms with Gasteiger partial charge in [0.2, 0.25) is 5.91 Å². The highest BCUT2D eigenvalue weighted by Crippen LogP contribution is 2.23. The Hall–Kier alpha value is -1.42. The van der Waals surface area contributed by atoms with E-state index in [1.165, 1.54) is 12.1 Å². The average molecular weight is 264 g/mol. The minimum atomic E-state index is -0.263. The fourth-order valence-electron chi connectivity index (χ4n) is 2.44. The summed E-state index contributed by atoms with van der Waals surface area (Å²) in [6.45, 7) is 5.41. The van der Waals surface area contributed by atoms with Gasteiger partial charge in [0.25, 0.3) is 0 Å². The van der Waals surface area contributed by atoms with Crippen LogP contribution in [0.25, 0.3) is 0 Å². The van der Waals surface area contributed by atoms with E-state index < -0.39 is 0 Å². The third-order valence-electron chi connectivity index (χ3n) is 3.42. The number of amides is 1. The number of benzene rings is 1. The minimum Gasteiger partial charge on any atom is -0.322 e. The third-order valence-corrected chi connectivity index (χ3v) is 3.42. The van der Waals surface area contributed by atoms with E-state index in [0.717, 1.165) is 24.9 Å². The number of hydrogen-bond acceptors (Lipinski definition) is 2. The summed E-state index contributed by atoms with van der Waals surface area (Å²) in [6.07, 6.45) is 1.90. The molecule has 1 unspecified atom stereocenters. The average Bonchev–Trinajstić information content (AvgIpc) is 2.71. The predicted molar refractivity (Wildman–Crippen MR) is 72.9 cm³/mol. The fraction of sp³-hybridized carbons (Fsp3) is 0.533. The standard InChI is InChI=1S/C15H21FN2O/c1-11(2)5-4-8-18-14(19)10-17-15(18)12-6-3-7-13(16)9-12/h3,6-7,9,11,15,17H,4-5,8,10H2,1-2H3. The van der Waals surface area contributed by atoms with Gasteiger partial charge in [-0.3, -0.25) is 10.1 Å². The summed E-state index contributed by atoms with van der Waals surface area (Å²) in [6, 6.07) is 6.45. The molecule has 104 valence electrons. The number of carbonyl (C=O) groups is 1. The number of hydrogen-bond donors (Lipinski definition) is 1. The second kappa shape index (κ2) is 6.15. The van der Waals surface area contributed by atoms with Crippen LogP contribution in [-0.4, -0.2) is 23.9 Å². The van der Waals surface area contributed by atoms with Crippen LogP contribution in [-0.2, 0) is 4.79 Å². The topological polar surface area (TPSA) is 32.3 Å². The highest BCUT2D eigenvalue weighted by molar-refractivity contribution is 5.80. The van der Waals surface area contributed by atoms with Crippen molar-refractivity contribution >= 4 is 5.91 Å². The zero-order valence-electron chi connectivity index (χ0n) is 11.5. The van der Waals surface area contributed by atoms with Gasteiger partial charge in [0, 0.05) is 6.54 Å². The SMILES string of the molecule is CC(C)CCCN1C(=O)CNC1c1cccc(F)c1. The van der Waals surface area contributed by atoms with Gasteiger partial charge in [-0.05, 0) is 36.5 Å². The second-order valence-electron chi connectivity index (χ2n) is 5.46. The van der Waals surface area contributed by atoms with Crippen molar-refractivity contribution in [2.45, 2.75) is 32.9 Å². The Bertz CT molecular complexity index is 448. The summed E-state index contributed by atoms with van der Waals surface area (Å²) < 4.78 is 13.3. The molecular formula is C15H21FN2O. The van der Waals surface area contributed by atoms with E-state index in [0.29, 0.717) is 12.5 Å². The Balaban J connectivity index is 2.04. The van der Waals surface area contributed by atoms with E-state index >= 15 is 0 Å². The van der Waals surface area contributed by atoms with Crippen molar-refractivity contribution in [1.29, 1.82) is 0 Å². The second-order valence-corrected chi connectivity index (χ2v) is 5.46. The predicted octanol–water partition coefficient (Wildman–Crippen LogP) is 2.69. The molecule has 0 radical (unpaired) electrons. The minimum absolute atomic E-state index is 0.0954. The lowest BCUT2D eigenvalue weighted by Crippen LogP contribution is -2.31. The first kappa shape index (κ1) is 14.0. The van der Waals surface area contributed by atoms with Crippen LogP contribution in [0.15, 0.2) is 24.3 Å². The van der Waals surface area contributed by atoms with Crippen molar-refractivity contribution in [2.24, 2.45) is 5.92 Å². The van der Waals surface area contributed by atoms with Crippen molar-refractivity contribution in [1.82, 2.24) is 10.2 Å². The number of nitrogens with one attached hydrogen (secondary N) is 1. The lowest BCUT2D eigenvalue weighted by Gasteiger charge is -2.25. The molecule has 0 aliphatic carbocycles. The van der Waals surface area contributed by atoms with E-state index in [2.05, 4.69) is 19.2 Å². The van der Waals surface area contributed by atoms with Crippen LogP contribution in [0.5, 0.6) is 0 Å². The van der Waals surface area contributed by atoms with Crippen LogP contribution < -0.4 is 5.32 Å². The molecule has 4 heteroatoms. The molecule has 1 aliphatic rings. The highest BCUT2D eigenvalue weighted by atomic mass is 19.1. The molecule has 0 aromatic heterocycles. The maximum Gasteiger partial charge on any atom is 0.238 e. The van der Waals surface area contributed by atoms with Crippen molar-refractivity contribution in [2.75, 3.05) is 13.1 Å². The van der Waals surface area contributed by atoms with Crippen LogP contribution in [0.1, 0.15) is 38.4 Å². The zero-order valence-corrected chi connectivity index (χ0v) is 11.5. The van der Waals surface area contributed by atoms with Crippen LogP contribution in [0.4, 0.5) is 4.39 Å². The molecular weight excluding hydrogens is 243 g/mol. The molecule has 1 fully saturated rings. The molecule has 1 amide bonds. The lowest BCUT2D eigenvalue weighted by atomic mass is 10.1. The van der Waals surface area contributed by atoms with Crippen molar-refractivity contribution < 1.29 is 9.18 Å². The molecule has 1 aromatic carbocycles. The molecule has 0 spiro atoms. The van der Waals surface area contributed by atoms with Gasteiger partial charge in [0.1, 0.15) is 12.0 Å². The first-order valence-electron chi connectivity index (χ1n) is 6.86. The molecule has 1 N–H and O–H groups in total. The van der Waals surface area contributed by atoms with E-state index in [-0.39, 0.29) is 17.9 Å². The van der Waals surface area contributed by atoms with Crippen LogP contribution in [0.2, 0.25) is 0 Å². The van der Waals surface area contributed by atoms with Gasteiger partial charge in [0.05, 0.1) is 6.54 Å². The Morgan fingerprint density at radius 1 is 1.47 bits per heavy atom. The quantitative estimate of drug-likeness (QED) is 0.887. The van der Waals surface area contributed by atoms with Gasteiger partial charge in [-0.15, -0.1) is 0 Å². The van der Waals surface area contributed by atoms with Crippen LogP contribution >= 0.6 is 0 Å². The van der Waals surface area contributed by atoms with Crippen molar-refractivity contribution in [3.63, 3.8) is 0 Å². The summed E-state index contributed by atoms with van der Waals surface area (Å²) in [7, 11) is 0. The van der Waals surface area contributed by atoms with Gasteiger partial charge in [-0.25, -0.2) is 4.39 Å². The monoisotopic (exact) mass is 264 g/mol. The first-order valence-corrected chi connectivity index (χ1v) is 6.86. The molecule has 1 heterocycles. The van der Waals surface area contributed by atoms with Gasteiger partial charge in [0.15, 0.2) is 0 Å². The van der Waals surface area contributed by atoms with Crippen LogP contribution in [0, 0.1) is 11.7 Å². The Morgan fingerprint density at radius 3 is 2.95 bits per heavy atom. The molecule has 0 saturated carbocycles. The van der Waals surface area contributed by atoms with E-state index in [4.69, 9.17) is 0 Å². The molecule has 19 heavy (non-hydrogen) atoms. The van der Waals surface area contributed by atoms with Crippen molar-refractivity contribution in [3.05, 3.63) is 35.6 Å². The Labute approximate surface area is 113 Å². The van der Waals surface area contributed by atoms with Gasteiger partial charge >= 0.3 is 0 Å². The van der Waals surface area contributed by atoms with E-state index in [1.807, 2.05) is 11.0 Å². The molecule has 3 nitrogen and oxygen atoms in total. The zero-order chi connectivity index (χ0) is 13.8. The smallest absolute Gasteiger partial charge is 0.238 e. The first-order chi connectivity index (χ1) is 9.08. The maximum atomic E-state index is 13.3. The fourth-order valence-corrected chi connectivity index (χ4v) is 2.44. The molecule has 1 saturated heterocycles. The maximum absolute atomic E-state index is 13.3. The summed E-state index contributed by atoms with van der Waals surface area (Å²) in [4.78, 5) is 13.7. The number of halogens is 1. The van der Waals surface area contributed by atoms with E-state index in [9.17, 15) is 9.18 Å². The van der Waals surface area contributed by atoms with Crippen molar-refractivity contribution in [3.8, 4) is 0 Å². The molecule has 1 aromatic rings. The van der Waals surface area contributed by atoms with E-state index in [1.54, 1.807) is 6.07 Å². The Kier molecular flexibility index (Phi) is 4.53. The normalized spacial score (nSPS) is 19.5. The largest absolute Gasteiger partial charge is 0.322 e. The molecule has 1 aliphatic heterocycles. The summed E-state index contributed by atoms with van der Waals surface area (Å²) in [5.41, 5.74) is 0.815. The summed E-state index contributed by atoms with van der Waals surface area (Å²) in [5, 5.41) is 3.15. The number of rotatable bonds is 5.